The molecule has 0 unspecified atom stereocenters. The summed E-state index contributed by atoms with van der Waals surface area (Å²) >= 11 is 0. The second-order valence-electron chi connectivity index (χ2n) is 6.17. The van der Waals surface area contributed by atoms with E-state index in [-0.39, 0.29) is 11.9 Å². The third-order valence-corrected chi connectivity index (χ3v) is 4.39. The van der Waals surface area contributed by atoms with E-state index in [0.717, 1.165) is 44.8 Å². The molecule has 1 rings (SSSR count). The van der Waals surface area contributed by atoms with Gasteiger partial charge in [0.1, 0.15) is 0 Å². The quantitative estimate of drug-likeness (QED) is 0.638. The molecule has 1 amide bonds. The third kappa shape index (κ3) is 6.71. The SMILES string of the molecule is CCCC[C@H](N)C(=O)NCCCN(C)C1CCCCC1. The summed E-state index contributed by atoms with van der Waals surface area (Å²) in [5.41, 5.74) is 5.84. The Labute approximate surface area is 124 Å². The van der Waals surface area contributed by atoms with Crippen LogP contribution in [0.15, 0.2) is 0 Å². The van der Waals surface area contributed by atoms with Gasteiger partial charge in [-0.3, -0.25) is 4.79 Å². The lowest BCUT2D eigenvalue weighted by atomic mass is 9.94. The monoisotopic (exact) mass is 283 g/mol. The number of nitrogens with one attached hydrogen (secondary N) is 1. The minimum Gasteiger partial charge on any atom is -0.355 e. The van der Waals surface area contributed by atoms with Crippen LogP contribution in [0.1, 0.15) is 64.7 Å². The Hall–Kier alpha value is -0.610. The fourth-order valence-corrected chi connectivity index (χ4v) is 2.93. The molecule has 0 saturated heterocycles. The number of carbonyl (C=O) groups is 1. The van der Waals surface area contributed by atoms with Gasteiger partial charge in [-0.2, -0.15) is 0 Å². The molecule has 4 heteroatoms. The van der Waals surface area contributed by atoms with Crippen molar-refractivity contribution >= 4 is 5.91 Å². The first-order valence-electron chi connectivity index (χ1n) is 8.38. The lowest BCUT2D eigenvalue weighted by molar-refractivity contribution is -0.122. The molecule has 118 valence electrons. The number of rotatable bonds is 9. The van der Waals surface area contributed by atoms with Crippen molar-refractivity contribution in [1.82, 2.24) is 10.2 Å². The second-order valence-corrected chi connectivity index (χ2v) is 6.17. The van der Waals surface area contributed by atoms with Crippen LogP contribution in [0, 0.1) is 0 Å². The van der Waals surface area contributed by atoms with Gasteiger partial charge in [0, 0.05) is 12.6 Å². The van der Waals surface area contributed by atoms with Crippen molar-refractivity contribution in [3.63, 3.8) is 0 Å². The van der Waals surface area contributed by atoms with Crippen LogP contribution >= 0.6 is 0 Å². The first-order chi connectivity index (χ1) is 9.65. The summed E-state index contributed by atoms with van der Waals surface area (Å²) in [6.07, 6.45) is 10.7. The highest BCUT2D eigenvalue weighted by atomic mass is 16.2. The zero-order valence-corrected chi connectivity index (χ0v) is 13.4. The number of hydrogen-bond donors (Lipinski definition) is 2. The summed E-state index contributed by atoms with van der Waals surface area (Å²) in [5, 5.41) is 2.96. The van der Waals surface area contributed by atoms with E-state index in [0.29, 0.717) is 0 Å². The fraction of sp³-hybridized carbons (Fsp3) is 0.938. The first kappa shape index (κ1) is 17.4. The molecule has 1 aliphatic rings. The number of hydrogen-bond acceptors (Lipinski definition) is 3. The second kappa shape index (κ2) is 10.2. The Morgan fingerprint density at radius 2 is 2.00 bits per heavy atom. The normalized spacial score (nSPS) is 18.2. The van der Waals surface area contributed by atoms with Crippen molar-refractivity contribution in [2.75, 3.05) is 20.1 Å². The van der Waals surface area contributed by atoms with Crippen LogP contribution in [0.25, 0.3) is 0 Å². The molecule has 0 spiro atoms. The molecule has 1 aliphatic carbocycles. The van der Waals surface area contributed by atoms with E-state index in [2.05, 4.69) is 24.2 Å². The smallest absolute Gasteiger partial charge is 0.236 e. The Morgan fingerprint density at radius 3 is 2.65 bits per heavy atom. The van der Waals surface area contributed by atoms with E-state index in [1.807, 2.05) is 0 Å². The zero-order chi connectivity index (χ0) is 14.8. The Bertz CT molecular complexity index is 264. The van der Waals surface area contributed by atoms with Gasteiger partial charge in [-0.15, -0.1) is 0 Å². The lowest BCUT2D eigenvalue weighted by Crippen LogP contribution is -2.42. The number of carbonyl (C=O) groups excluding carboxylic acids is 1. The van der Waals surface area contributed by atoms with Crippen LogP contribution in [0.2, 0.25) is 0 Å². The highest BCUT2D eigenvalue weighted by molar-refractivity contribution is 5.81. The maximum absolute atomic E-state index is 11.7. The molecule has 4 nitrogen and oxygen atoms in total. The van der Waals surface area contributed by atoms with Crippen LogP contribution in [0.4, 0.5) is 0 Å². The topological polar surface area (TPSA) is 58.4 Å². The molecule has 0 heterocycles. The van der Waals surface area contributed by atoms with E-state index in [4.69, 9.17) is 5.73 Å². The van der Waals surface area contributed by atoms with Crippen molar-refractivity contribution in [3.8, 4) is 0 Å². The molecule has 0 radical (unpaired) electrons. The third-order valence-electron chi connectivity index (χ3n) is 4.39. The van der Waals surface area contributed by atoms with E-state index < -0.39 is 0 Å². The molecule has 0 aromatic rings. The summed E-state index contributed by atoms with van der Waals surface area (Å²) < 4.78 is 0. The van der Waals surface area contributed by atoms with E-state index in [1.54, 1.807) is 0 Å². The van der Waals surface area contributed by atoms with Crippen molar-refractivity contribution < 1.29 is 4.79 Å². The van der Waals surface area contributed by atoms with Crippen LogP contribution in [0.3, 0.4) is 0 Å². The average Bonchev–Trinajstić information content (AvgIpc) is 2.49. The molecule has 0 aromatic carbocycles. The Morgan fingerprint density at radius 1 is 1.30 bits per heavy atom. The molecule has 0 aromatic heterocycles. The van der Waals surface area contributed by atoms with Crippen LogP contribution < -0.4 is 11.1 Å². The largest absolute Gasteiger partial charge is 0.355 e. The zero-order valence-electron chi connectivity index (χ0n) is 13.4. The van der Waals surface area contributed by atoms with E-state index in [1.165, 1.54) is 32.1 Å². The predicted molar refractivity (Wildman–Crippen MR) is 84.6 cm³/mol. The Balaban J connectivity index is 2.06. The van der Waals surface area contributed by atoms with Crippen molar-refractivity contribution in [2.45, 2.75) is 76.8 Å². The summed E-state index contributed by atoms with van der Waals surface area (Å²) in [5.74, 6) is 0.0127. The Kier molecular flexibility index (Phi) is 8.86. The molecule has 1 atom stereocenters. The van der Waals surface area contributed by atoms with Gasteiger partial charge in [0.25, 0.3) is 0 Å². The minimum absolute atomic E-state index is 0.0127. The summed E-state index contributed by atoms with van der Waals surface area (Å²) in [4.78, 5) is 14.2. The van der Waals surface area contributed by atoms with Crippen LogP contribution in [-0.4, -0.2) is 43.0 Å². The number of amides is 1. The number of nitrogens with zero attached hydrogens (tertiary/aromatic N) is 1. The van der Waals surface area contributed by atoms with Crippen LogP contribution in [-0.2, 0) is 4.79 Å². The standard InChI is InChI=1S/C16H33N3O/c1-3-4-11-15(17)16(20)18-12-8-13-19(2)14-9-6-5-7-10-14/h14-15H,3-13,17H2,1-2H3,(H,18,20)/t15-/m0/s1. The number of unbranched alkanes of at least 4 members (excludes halogenated alkanes) is 1. The predicted octanol–water partition coefficient (Wildman–Crippen LogP) is 2.27. The highest BCUT2D eigenvalue weighted by Crippen LogP contribution is 2.21. The maximum atomic E-state index is 11.7. The first-order valence-corrected chi connectivity index (χ1v) is 8.38. The molecule has 0 bridgehead atoms. The van der Waals surface area contributed by atoms with E-state index >= 15 is 0 Å². The molecule has 3 N–H and O–H groups in total. The molecule has 1 saturated carbocycles. The van der Waals surface area contributed by atoms with Crippen molar-refractivity contribution in [2.24, 2.45) is 5.73 Å². The number of nitrogens with two attached hydrogens (primary N) is 1. The molecular formula is C16H33N3O. The van der Waals surface area contributed by atoms with Gasteiger partial charge in [-0.1, -0.05) is 39.0 Å². The minimum atomic E-state index is -0.328. The molecular weight excluding hydrogens is 250 g/mol. The lowest BCUT2D eigenvalue weighted by Gasteiger charge is -2.31. The van der Waals surface area contributed by atoms with Gasteiger partial charge in [0.2, 0.25) is 5.91 Å². The van der Waals surface area contributed by atoms with E-state index in [9.17, 15) is 4.79 Å². The average molecular weight is 283 g/mol. The summed E-state index contributed by atoms with van der Waals surface area (Å²) in [6, 6.07) is 0.428. The molecule has 1 fully saturated rings. The van der Waals surface area contributed by atoms with Gasteiger partial charge in [-0.05, 0) is 39.3 Å². The van der Waals surface area contributed by atoms with Crippen molar-refractivity contribution in [3.05, 3.63) is 0 Å². The maximum Gasteiger partial charge on any atom is 0.236 e. The molecule has 20 heavy (non-hydrogen) atoms. The summed E-state index contributed by atoms with van der Waals surface area (Å²) in [7, 11) is 2.21. The van der Waals surface area contributed by atoms with Gasteiger partial charge in [-0.25, -0.2) is 0 Å². The van der Waals surface area contributed by atoms with Crippen molar-refractivity contribution in [1.29, 1.82) is 0 Å². The van der Waals surface area contributed by atoms with Gasteiger partial charge >= 0.3 is 0 Å². The van der Waals surface area contributed by atoms with Gasteiger partial charge < -0.3 is 16.0 Å². The van der Waals surface area contributed by atoms with Gasteiger partial charge in [0.15, 0.2) is 0 Å². The fourth-order valence-electron chi connectivity index (χ4n) is 2.93. The van der Waals surface area contributed by atoms with Crippen LogP contribution in [0.5, 0.6) is 0 Å². The van der Waals surface area contributed by atoms with Gasteiger partial charge in [0.05, 0.1) is 6.04 Å². The highest BCUT2D eigenvalue weighted by Gasteiger charge is 2.17. The molecule has 0 aliphatic heterocycles. The summed E-state index contributed by atoms with van der Waals surface area (Å²) in [6.45, 7) is 3.93.